The van der Waals surface area contributed by atoms with Gasteiger partial charge in [0.05, 0.1) is 30.3 Å². The number of halogens is 2. The van der Waals surface area contributed by atoms with Crippen LogP contribution in [0.1, 0.15) is 33.6 Å². The van der Waals surface area contributed by atoms with Crippen LogP contribution < -0.4 is 20.5 Å². The van der Waals surface area contributed by atoms with Crippen molar-refractivity contribution < 1.29 is 26.7 Å². The molecule has 0 saturated carbocycles. The van der Waals surface area contributed by atoms with Crippen molar-refractivity contribution in [3.05, 3.63) is 48.5 Å². The Balaban J connectivity index is 0.000000765. The number of anilines is 3. The summed E-state index contributed by atoms with van der Waals surface area (Å²) in [5.41, 5.74) is 7.47. The Bertz CT molecular complexity index is 1600. The molecule has 0 saturated heterocycles. The minimum atomic E-state index is -3.92. The third-order valence-corrected chi connectivity index (χ3v) is 7.26. The molecule has 4 rings (SSSR count). The largest absolute Gasteiger partial charge is 0.492 e. The van der Waals surface area contributed by atoms with Crippen LogP contribution in [0.15, 0.2) is 42.7 Å². The van der Waals surface area contributed by atoms with Gasteiger partial charge in [-0.3, -0.25) is 9.11 Å². The van der Waals surface area contributed by atoms with Gasteiger partial charge >= 0.3 is 0 Å². The highest BCUT2D eigenvalue weighted by Gasteiger charge is 2.19. The summed E-state index contributed by atoms with van der Waals surface area (Å²) in [6.07, 6.45) is 4.06. The second-order valence-corrected chi connectivity index (χ2v) is 11.0. The number of fused-ring (bicyclic) bond motifs is 1. The van der Waals surface area contributed by atoms with Crippen LogP contribution in [0.3, 0.4) is 0 Å². The highest BCUT2D eigenvalue weighted by molar-refractivity contribution is 7.92. The lowest BCUT2D eigenvalue weighted by Crippen LogP contribution is -2.18. The van der Waals surface area contributed by atoms with Gasteiger partial charge < -0.3 is 20.5 Å². The number of hydrogen-bond donors (Lipinski definition) is 3. The zero-order valence-corrected chi connectivity index (χ0v) is 25.5. The Morgan fingerprint density at radius 1 is 1.02 bits per heavy atom. The predicted molar refractivity (Wildman–Crippen MR) is 166 cm³/mol. The topological polar surface area (TPSA) is 154 Å². The fraction of sp³-hybridized carbons (Fsp3) is 0.379. The maximum absolute atomic E-state index is 15.5. The van der Waals surface area contributed by atoms with Gasteiger partial charge in [0, 0.05) is 43.6 Å². The number of nitrogens with two attached hydrogens (primary N) is 1. The first-order valence-corrected chi connectivity index (χ1v) is 15.5. The number of benzene rings is 2. The van der Waals surface area contributed by atoms with Gasteiger partial charge in [-0.2, -0.15) is 0 Å². The van der Waals surface area contributed by atoms with E-state index in [2.05, 4.69) is 36.9 Å². The SMILES string of the molecule is CCCOCC.CCOc1cc(-c2cccc(NS(=O)(=O)CCCF)c2F)cc2c(N)nc(-c3cnc(NC)nc3)nc12. The van der Waals surface area contributed by atoms with Crippen molar-refractivity contribution in [1.82, 2.24) is 19.9 Å². The Labute approximate surface area is 250 Å². The molecule has 4 aromatic rings. The molecule has 4 N–H and O–H groups in total. The molecule has 0 aliphatic heterocycles. The van der Waals surface area contributed by atoms with Crippen LogP contribution in [0.2, 0.25) is 0 Å². The second-order valence-electron chi connectivity index (χ2n) is 9.11. The van der Waals surface area contributed by atoms with Crippen molar-refractivity contribution >= 4 is 38.4 Å². The molecule has 0 spiro atoms. The maximum Gasteiger partial charge on any atom is 0.232 e. The highest BCUT2D eigenvalue weighted by Crippen LogP contribution is 2.37. The van der Waals surface area contributed by atoms with Crippen molar-refractivity contribution in [2.24, 2.45) is 0 Å². The number of sulfonamides is 1. The molecule has 2 heterocycles. The maximum atomic E-state index is 15.5. The summed E-state index contributed by atoms with van der Waals surface area (Å²) in [6.45, 7) is 7.19. The molecule has 43 heavy (non-hydrogen) atoms. The molecule has 11 nitrogen and oxygen atoms in total. The van der Waals surface area contributed by atoms with Crippen LogP contribution in [0, 0.1) is 5.82 Å². The van der Waals surface area contributed by atoms with E-state index in [1.807, 2.05) is 6.92 Å². The van der Waals surface area contributed by atoms with E-state index >= 15 is 4.39 Å². The standard InChI is InChI=1S/C24H25F2N7O3S.C5H12O/c1-3-36-19-11-14(16-6-4-7-18(20(16)26)33-37(34,35)9-5-8-25)10-17-21(19)31-23(32-22(17)27)15-12-29-24(28-2)30-13-15;1-3-5-6-4-2/h4,6-7,10-13,33H,3,5,8-9H2,1-2H3,(H2,27,31,32)(H,28,29,30);3-5H2,1-2H3. The van der Waals surface area contributed by atoms with Crippen LogP contribution >= 0.6 is 0 Å². The van der Waals surface area contributed by atoms with Gasteiger partial charge in [-0.15, -0.1) is 0 Å². The van der Waals surface area contributed by atoms with E-state index in [1.54, 1.807) is 38.5 Å². The first-order valence-electron chi connectivity index (χ1n) is 13.8. The van der Waals surface area contributed by atoms with Crippen LogP contribution in [-0.4, -0.2) is 67.6 Å². The molecular formula is C29H37F2N7O4S. The van der Waals surface area contributed by atoms with Gasteiger partial charge in [0.2, 0.25) is 16.0 Å². The monoisotopic (exact) mass is 617 g/mol. The lowest BCUT2D eigenvalue weighted by atomic mass is 10.0. The average molecular weight is 618 g/mol. The normalized spacial score (nSPS) is 11.1. The van der Waals surface area contributed by atoms with Crippen LogP contribution in [0.5, 0.6) is 5.75 Å². The Morgan fingerprint density at radius 3 is 2.37 bits per heavy atom. The molecule has 0 fully saturated rings. The molecule has 0 aliphatic carbocycles. The van der Waals surface area contributed by atoms with Gasteiger partial charge in [-0.1, -0.05) is 19.1 Å². The number of hydrogen-bond acceptors (Lipinski definition) is 10. The quantitative estimate of drug-likeness (QED) is 0.165. The van der Waals surface area contributed by atoms with E-state index < -0.39 is 28.3 Å². The first kappa shape index (κ1) is 33.3. The molecule has 232 valence electrons. The number of nitrogen functional groups attached to an aromatic ring is 1. The number of aromatic nitrogens is 4. The summed E-state index contributed by atoms with van der Waals surface area (Å²) in [6, 6.07) is 7.51. The number of nitrogens with one attached hydrogen (secondary N) is 2. The van der Waals surface area contributed by atoms with Gasteiger partial charge in [0.25, 0.3) is 0 Å². The van der Waals surface area contributed by atoms with E-state index in [-0.39, 0.29) is 29.3 Å². The second kappa shape index (κ2) is 15.9. The van der Waals surface area contributed by atoms with E-state index in [1.165, 1.54) is 18.2 Å². The molecule has 0 aliphatic rings. The van der Waals surface area contributed by atoms with E-state index in [9.17, 15) is 12.8 Å². The van der Waals surface area contributed by atoms with Crippen molar-refractivity contribution in [1.29, 1.82) is 0 Å². The lowest BCUT2D eigenvalue weighted by molar-refractivity contribution is 0.148. The molecule has 2 aromatic heterocycles. The van der Waals surface area contributed by atoms with E-state index in [0.29, 0.717) is 40.3 Å². The third kappa shape index (κ3) is 8.91. The zero-order valence-electron chi connectivity index (χ0n) is 24.7. The fourth-order valence-electron chi connectivity index (χ4n) is 3.93. The van der Waals surface area contributed by atoms with Crippen LogP contribution in [0.4, 0.5) is 26.2 Å². The number of rotatable bonds is 13. The van der Waals surface area contributed by atoms with Gasteiger partial charge in [0.15, 0.2) is 11.6 Å². The first-order chi connectivity index (χ1) is 20.7. The van der Waals surface area contributed by atoms with E-state index in [4.69, 9.17) is 15.2 Å². The predicted octanol–water partition coefficient (Wildman–Crippen LogP) is 5.45. The van der Waals surface area contributed by atoms with Crippen LogP contribution in [-0.2, 0) is 14.8 Å². The smallest absolute Gasteiger partial charge is 0.232 e. The Hall–Kier alpha value is -4.17. The highest BCUT2D eigenvalue weighted by atomic mass is 32.2. The summed E-state index contributed by atoms with van der Waals surface area (Å²) in [5.74, 6) is -0.0684. The minimum Gasteiger partial charge on any atom is -0.492 e. The summed E-state index contributed by atoms with van der Waals surface area (Å²) < 4.78 is 65.2. The number of ether oxygens (including phenoxy) is 2. The fourth-order valence-corrected chi connectivity index (χ4v) is 5.02. The summed E-state index contributed by atoms with van der Waals surface area (Å²) in [7, 11) is -2.22. The van der Waals surface area contributed by atoms with Crippen LogP contribution in [0.25, 0.3) is 33.4 Å². The van der Waals surface area contributed by atoms with Gasteiger partial charge in [0.1, 0.15) is 17.1 Å². The molecule has 0 bridgehead atoms. The molecule has 0 unspecified atom stereocenters. The molecule has 2 aromatic carbocycles. The molecule has 0 radical (unpaired) electrons. The Kier molecular flexibility index (Phi) is 12.3. The summed E-state index contributed by atoms with van der Waals surface area (Å²) >= 11 is 0. The van der Waals surface area contributed by atoms with E-state index in [0.717, 1.165) is 19.6 Å². The summed E-state index contributed by atoms with van der Waals surface area (Å²) in [5, 5.41) is 3.25. The van der Waals surface area contributed by atoms with Crippen molar-refractivity contribution in [3.8, 4) is 28.3 Å². The zero-order chi connectivity index (χ0) is 31.4. The number of nitrogens with zero attached hydrogens (tertiary/aromatic N) is 4. The molecule has 14 heteroatoms. The van der Waals surface area contributed by atoms with Gasteiger partial charge in [-0.25, -0.2) is 32.7 Å². The van der Waals surface area contributed by atoms with Crippen molar-refractivity contribution in [3.63, 3.8) is 0 Å². The van der Waals surface area contributed by atoms with Crippen molar-refractivity contribution in [2.75, 3.05) is 55.1 Å². The third-order valence-electron chi connectivity index (χ3n) is 5.90. The molecular weight excluding hydrogens is 580 g/mol. The van der Waals surface area contributed by atoms with Gasteiger partial charge in [-0.05, 0) is 50.5 Å². The minimum absolute atomic E-state index is 0.105. The Morgan fingerprint density at radius 2 is 1.77 bits per heavy atom. The summed E-state index contributed by atoms with van der Waals surface area (Å²) in [4.78, 5) is 17.3. The molecule has 0 atom stereocenters. The van der Waals surface area contributed by atoms with Crippen molar-refractivity contribution in [2.45, 2.75) is 33.6 Å². The lowest BCUT2D eigenvalue weighted by Gasteiger charge is -2.15. The molecule has 0 amide bonds. The average Bonchev–Trinajstić information content (AvgIpc) is 3.00. The number of alkyl halides is 1.